The summed E-state index contributed by atoms with van der Waals surface area (Å²) in [6.45, 7) is 5.09. The number of hydrogen-bond acceptors (Lipinski definition) is 3. The molecule has 3 nitrogen and oxygen atoms in total. The van der Waals surface area contributed by atoms with Crippen LogP contribution in [0.1, 0.15) is 57.8 Å². The molecule has 2 atom stereocenters. The number of hydrogen-bond donors (Lipinski definition) is 1. The van der Waals surface area contributed by atoms with Crippen LogP contribution >= 0.6 is 0 Å². The van der Waals surface area contributed by atoms with Crippen molar-refractivity contribution in [2.75, 3.05) is 26.2 Å². The summed E-state index contributed by atoms with van der Waals surface area (Å²) >= 11 is 0. The van der Waals surface area contributed by atoms with Crippen LogP contribution in [-0.2, 0) is 0 Å². The third-order valence-electron chi connectivity index (χ3n) is 5.69. The number of rotatable bonds is 2. The second-order valence-corrected chi connectivity index (χ2v) is 6.88. The lowest BCUT2D eigenvalue weighted by Crippen LogP contribution is -2.58. The van der Waals surface area contributed by atoms with E-state index >= 15 is 0 Å². The van der Waals surface area contributed by atoms with Gasteiger partial charge in [-0.2, -0.15) is 0 Å². The van der Waals surface area contributed by atoms with Gasteiger partial charge in [0, 0.05) is 44.3 Å². The molecule has 0 aromatic carbocycles. The van der Waals surface area contributed by atoms with Crippen LogP contribution in [0.25, 0.3) is 0 Å². The zero-order valence-corrected chi connectivity index (χ0v) is 12.4. The Morgan fingerprint density at radius 2 is 1.21 bits per heavy atom. The fraction of sp³-hybridized carbons (Fsp3) is 1.00. The summed E-state index contributed by atoms with van der Waals surface area (Å²) in [6, 6.07) is 2.02. The van der Waals surface area contributed by atoms with Crippen molar-refractivity contribution >= 4 is 0 Å². The highest BCUT2D eigenvalue weighted by Gasteiger charge is 2.31. The maximum absolute atomic E-state index is 6.33. The van der Waals surface area contributed by atoms with Crippen LogP contribution < -0.4 is 5.73 Å². The van der Waals surface area contributed by atoms with Gasteiger partial charge in [0.05, 0.1) is 0 Å². The summed E-state index contributed by atoms with van der Waals surface area (Å²) in [5.41, 5.74) is 6.33. The summed E-state index contributed by atoms with van der Waals surface area (Å²) in [6.07, 6.45) is 12.6. The molecule has 1 heterocycles. The van der Waals surface area contributed by atoms with Gasteiger partial charge < -0.3 is 5.73 Å². The van der Waals surface area contributed by atoms with Crippen molar-refractivity contribution in [1.82, 2.24) is 9.80 Å². The Labute approximate surface area is 118 Å². The fourth-order valence-corrected chi connectivity index (χ4v) is 4.47. The van der Waals surface area contributed by atoms with E-state index in [1.807, 2.05) is 0 Å². The van der Waals surface area contributed by atoms with Crippen molar-refractivity contribution in [1.29, 1.82) is 0 Å². The van der Waals surface area contributed by atoms with Gasteiger partial charge in [-0.1, -0.05) is 32.1 Å². The minimum Gasteiger partial charge on any atom is -0.326 e. The Morgan fingerprint density at radius 3 is 1.89 bits per heavy atom. The first kappa shape index (κ1) is 13.8. The average molecular weight is 265 g/mol. The standard InChI is InChI=1S/C16H31N3/c17-15-8-4-5-9-16(15)19-12-10-18(11-13-19)14-6-2-1-3-7-14/h14-16H,1-13,17H2/t15-,16-/m1/s1. The zero-order chi connectivity index (χ0) is 13.1. The predicted molar refractivity (Wildman–Crippen MR) is 80.3 cm³/mol. The van der Waals surface area contributed by atoms with E-state index in [2.05, 4.69) is 9.80 Å². The molecule has 3 heteroatoms. The highest BCUT2D eigenvalue weighted by atomic mass is 15.3. The monoisotopic (exact) mass is 265 g/mol. The maximum atomic E-state index is 6.33. The van der Waals surface area contributed by atoms with Crippen molar-refractivity contribution in [3.8, 4) is 0 Å². The van der Waals surface area contributed by atoms with Gasteiger partial charge in [-0.25, -0.2) is 0 Å². The van der Waals surface area contributed by atoms with E-state index in [-0.39, 0.29) is 0 Å². The third kappa shape index (κ3) is 3.32. The minimum atomic E-state index is 0.440. The largest absolute Gasteiger partial charge is 0.326 e. The van der Waals surface area contributed by atoms with Gasteiger partial charge in [0.15, 0.2) is 0 Å². The lowest BCUT2D eigenvalue weighted by atomic mass is 9.89. The van der Waals surface area contributed by atoms with Gasteiger partial charge in [0.2, 0.25) is 0 Å². The molecule has 110 valence electrons. The molecule has 0 unspecified atom stereocenters. The summed E-state index contributed by atoms with van der Waals surface area (Å²) in [4.78, 5) is 5.47. The van der Waals surface area contributed by atoms with Gasteiger partial charge in [-0.15, -0.1) is 0 Å². The van der Waals surface area contributed by atoms with E-state index in [0.29, 0.717) is 12.1 Å². The molecule has 1 aliphatic heterocycles. The van der Waals surface area contributed by atoms with Gasteiger partial charge in [-0.3, -0.25) is 9.80 Å². The van der Waals surface area contributed by atoms with E-state index in [0.717, 1.165) is 6.04 Å². The highest BCUT2D eigenvalue weighted by Crippen LogP contribution is 2.26. The maximum Gasteiger partial charge on any atom is 0.0248 e. The number of piperazine rings is 1. The lowest BCUT2D eigenvalue weighted by molar-refractivity contribution is 0.0401. The van der Waals surface area contributed by atoms with E-state index < -0.39 is 0 Å². The van der Waals surface area contributed by atoms with Crippen molar-refractivity contribution in [2.24, 2.45) is 5.73 Å². The molecule has 2 aliphatic carbocycles. The molecule has 1 saturated heterocycles. The molecule has 19 heavy (non-hydrogen) atoms. The Hall–Kier alpha value is -0.120. The molecule has 0 aromatic rings. The van der Waals surface area contributed by atoms with Crippen molar-refractivity contribution < 1.29 is 0 Å². The van der Waals surface area contributed by atoms with Crippen LogP contribution in [0.4, 0.5) is 0 Å². The summed E-state index contributed by atoms with van der Waals surface area (Å²) in [7, 11) is 0. The predicted octanol–water partition coefficient (Wildman–Crippen LogP) is 2.21. The highest BCUT2D eigenvalue weighted by molar-refractivity contribution is 4.89. The Bertz CT molecular complexity index is 267. The SMILES string of the molecule is N[C@@H]1CCCC[C@H]1N1CCN(C2CCCCC2)CC1. The molecule has 3 fully saturated rings. The first-order chi connectivity index (χ1) is 9.34. The van der Waals surface area contributed by atoms with E-state index in [1.54, 1.807) is 0 Å². The van der Waals surface area contributed by atoms with E-state index in [9.17, 15) is 0 Å². The van der Waals surface area contributed by atoms with Gasteiger partial charge in [0.1, 0.15) is 0 Å². The van der Waals surface area contributed by atoms with Gasteiger partial charge in [-0.05, 0) is 25.7 Å². The smallest absolute Gasteiger partial charge is 0.0248 e. The molecular formula is C16H31N3. The topological polar surface area (TPSA) is 32.5 Å². The quantitative estimate of drug-likeness (QED) is 0.831. The average Bonchev–Trinajstić information content (AvgIpc) is 2.49. The number of nitrogens with two attached hydrogens (primary N) is 1. The lowest BCUT2D eigenvalue weighted by Gasteiger charge is -2.45. The molecule has 3 rings (SSSR count). The Kier molecular flexibility index (Phi) is 4.78. The minimum absolute atomic E-state index is 0.440. The molecule has 3 aliphatic rings. The van der Waals surface area contributed by atoms with Crippen LogP contribution in [-0.4, -0.2) is 54.1 Å². The number of nitrogens with zero attached hydrogens (tertiary/aromatic N) is 2. The van der Waals surface area contributed by atoms with Gasteiger partial charge >= 0.3 is 0 Å². The van der Waals surface area contributed by atoms with Crippen LogP contribution in [0, 0.1) is 0 Å². The molecule has 0 spiro atoms. The molecule has 0 bridgehead atoms. The summed E-state index contributed by atoms with van der Waals surface area (Å²) < 4.78 is 0. The zero-order valence-electron chi connectivity index (χ0n) is 12.4. The second kappa shape index (κ2) is 6.55. The molecule has 0 aromatic heterocycles. The normalized spacial score (nSPS) is 36.5. The van der Waals surface area contributed by atoms with Crippen LogP contribution in [0.2, 0.25) is 0 Å². The third-order valence-corrected chi connectivity index (χ3v) is 5.69. The molecule has 0 amide bonds. The fourth-order valence-electron chi connectivity index (χ4n) is 4.47. The first-order valence-electron chi connectivity index (χ1n) is 8.58. The Morgan fingerprint density at radius 1 is 0.632 bits per heavy atom. The summed E-state index contributed by atoms with van der Waals surface area (Å²) in [5.74, 6) is 0. The van der Waals surface area contributed by atoms with Crippen molar-refractivity contribution in [2.45, 2.75) is 75.9 Å². The first-order valence-corrected chi connectivity index (χ1v) is 8.58. The molecular weight excluding hydrogens is 234 g/mol. The van der Waals surface area contributed by atoms with Crippen molar-refractivity contribution in [3.05, 3.63) is 0 Å². The molecule has 0 radical (unpaired) electrons. The van der Waals surface area contributed by atoms with E-state index in [1.165, 1.54) is 84.0 Å². The molecule has 2 saturated carbocycles. The van der Waals surface area contributed by atoms with Crippen LogP contribution in [0.15, 0.2) is 0 Å². The Balaban J connectivity index is 1.48. The van der Waals surface area contributed by atoms with E-state index in [4.69, 9.17) is 5.73 Å². The summed E-state index contributed by atoms with van der Waals surface area (Å²) in [5, 5.41) is 0. The molecule has 2 N–H and O–H groups in total. The van der Waals surface area contributed by atoms with Crippen molar-refractivity contribution in [3.63, 3.8) is 0 Å². The van der Waals surface area contributed by atoms with Crippen LogP contribution in [0.3, 0.4) is 0 Å². The van der Waals surface area contributed by atoms with Gasteiger partial charge in [0.25, 0.3) is 0 Å². The van der Waals surface area contributed by atoms with Crippen LogP contribution in [0.5, 0.6) is 0 Å². The second-order valence-electron chi connectivity index (χ2n) is 6.88.